The number of alkyl halides is 3. The molecule has 0 fully saturated rings. The van der Waals surface area contributed by atoms with Crippen molar-refractivity contribution in [2.75, 3.05) is 0 Å². The van der Waals surface area contributed by atoms with Crippen LogP contribution in [0.5, 0.6) is 0 Å². The molecule has 0 aromatic carbocycles. The minimum absolute atomic E-state index is 0.575. The van der Waals surface area contributed by atoms with Crippen molar-refractivity contribution < 1.29 is 13.2 Å². The number of halogens is 3. The number of thiophene rings is 1. The van der Waals surface area contributed by atoms with Crippen molar-refractivity contribution in [3.05, 3.63) is 40.9 Å². The van der Waals surface area contributed by atoms with Gasteiger partial charge in [-0.25, -0.2) is 0 Å². The molecule has 5 heteroatoms. The maximum Gasteiger partial charge on any atom is 0.417 e. The fraction of sp³-hybridized carbons (Fsp3) is 0.182. The standard InChI is InChI=1S/C11H8F3NS/c1-7-2-5-10(16-7)9-4-3-8(6-15-9)11(12,13)14/h2-6H,1H3. The average Bonchev–Trinajstić information content (AvgIpc) is 2.64. The minimum atomic E-state index is -4.32. The first-order valence-corrected chi connectivity index (χ1v) is 5.38. The topological polar surface area (TPSA) is 12.9 Å². The molecule has 0 saturated carbocycles. The SMILES string of the molecule is Cc1ccc(-c2ccc(C(F)(F)F)cn2)s1. The molecule has 2 aromatic rings. The normalized spacial score (nSPS) is 11.8. The van der Waals surface area contributed by atoms with Gasteiger partial charge in [0.1, 0.15) is 0 Å². The Morgan fingerprint density at radius 3 is 2.31 bits per heavy atom. The Morgan fingerprint density at radius 1 is 1.12 bits per heavy atom. The van der Waals surface area contributed by atoms with Crippen LogP contribution in [0.2, 0.25) is 0 Å². The smallest absolute Gasteiger partial charge is 0.255 e. The van der Waals surface area contributed by atoms with Crippen molar-refractivity contribution in [3.8, 4) is 10.6 Å². The van der Waals surface area contributed by atoms with Gasteiger partial charge in [0.2, 0.25) is 0 Å². The van der Waals surface area contributed by atoms with Crippen LogP contribution < -0.4 is 0 Å². The maximum atomic E-state index is 12.3. The lowest BCUT2D eigenvalue weighted by molar-refractivity contribution is -0.137. The van der Waals surface area contributed by atoms with E-state index in [0.29, 0.717) is 5.69 Å². The number of pyridine rings is 1. The molecule has 0 N–H and O–H groups in total. The van der Waals surface area contributed by atoms with Gasteiger partial charge in [0.15, 0.2) is 0 Å². The molecule has 0 aliphatic rings. The second-order valence-electron chi connectivity index (χ2n) is 3.34. The van der Waals surface area contributed by atoms with Gasteiger partial charge in [0, 0.05) is 11.1 Å². The van der Waals surface area contributed by atoms with Crippen LogP contribution in [0.1, 0.15) is 10.4 Å². The molecule has 2 rings (SSSR count). The molecule has 0 radical (unpaired) electrons. The Morgan fingerprint density at radius 2 is 1.88 bits per heavy atom. The highest BCUT2D eigenvalue weighted by Gasteiger charge is 2.30. The average molecular weight is 243 g/mol. The van der Waals surface area contributed by atoms with Gasteiger partial charge in [-0.15, -0.1) is 11.3 Å². The molecule has 0 aliphatic carbocycles. The lowest BCUT2D eigenvalue weighted by Crippen LogP contribution is -2.04. The van der Waals surface area contributed by atoms with Crippen molar-refractivity contribution in [3.63, 3.8) is 0 Å². The van der Waals surface area contributed by atoms with Gasteiger partial charge in [0.25, 0.3) is 0 Å². The fourth-order valence-corrected chi connectivity index (χ4v) is 2.12. The van der Waals surface area contributed by atoms with E-state index in [9.17, 15) is 13.2 Å². The predicted molar refractivity (Wildman–Crippen MR) is 57.3 cm³/mol. The van der Waals surface area contributed by atoms with Gasteiger partial charge >= 0.3 is 6.18 Å². The third kappa shape index (κ3) is 2.24. The summed E-state index contributed by atoms with van der Waals surface area (Å²) in [6.07, 6.45) is -3.46. The Bertz CT molecular complexity index is 485. The van der Waals surface area contributed by atoms with E-state index in [1.54, 1.807) is 0 Å². The molecule has 2 aromatic heterocycles. The van der Waals surface area contributed by atoms with E-state index in [1.165, 1.54) is 17.4 Å². The maximum absolute atomic E-state index is 12.3. The molecule has 0 atom stereocenters. The lowest BCUT2D eigenvalue weighted by Gasteiger charge is -2.05. The third-order valence-corrected chi connectivity index (χ3v) is 3.11. The number of rotatable bonds is 1. The van der Waals surface area contributed by atoms with E-state index in [2.05, 4.69) is 4.98 Å². The number of aromatic nitrogens is 1. The van der Waals surface area contributed by atoms with Crippen LogP contribution in [0, 0.1) is 6.92 Å². The molecule has 0 bridgehead atoms. The highest BCUT2D eigenvalue weighted by atomic mass is 32.1. The molecule has 0 aliphatic heterocycles. The molecule has 0 unspecified atom stereocenters. The summed E-state index contributed by atoms with van der Waals surface area (Å²) in [5.41, 5.74) is -0.143. The Balaban J connectivity index is 2.33. The number of hydrogen-bond donors (Lipinski definition) is 0. The summed E-state index contributed by atoms with van der Waals surface area (Å²) in [7, 11) is 0. The first-order chi connectivity index (χ1) is 7.47. The van der Waals surface area contributed by atoms with Crippen molar-refractivity contribution in [1.82, 2.24) is 4.98 Å². The molecule has 1 nitrogen and oxygen atoms in total. The van der Waals surface area contributed by atoms with Gasteiger partial charge in [0.05, 0.1) is 16.1 Å². The molecular weight excluding hydrogens is 235 g/mol. The largest absolute Gasteiger partial charge is 0.417 e. The number of nitrogens with zero attached hydrogens (tertiary/aromatic N) is 1. The second kappa shape index (κ2) is 3.90. The van der Waals surface area contributed by atoms with E-state index in [0.717, 1.165) is 22.0 Å². The van der Waals surface area contributed by atoms with Gasteiger partial charge < -0.3 is 0 Å². The first kappa shape index (κ1) is 11.1. The summed E-state index contributed by atoms with van der Waals surface area (Å²) in [6, 6.07) is 6.22. The summed E-state index contributed by atoms with van der Waals surface area (Å²) in [5.74, 6) is 0. The summed E-state index contributed by atoms with van der Waals surface area (Å²) in [5, 5.41) is 0. The van der Waals surface area contributed by atoms with Gasteiger partial charge in [-0.2, -0.15) is 13.2 Å². The zero-order chi connectivity index (χ0) is 11.8. The van der Waals surface area contributed by atoms with Crippen LogP contribution in [0.15, 0.2) is 30.5 Å². The summed E-state index contributed by atoms with van der Waals surface area (Å²) < 4.78 is 36.9. The van der Waals surface area contributed by atoms with Crippen LogP contribution in [0.3, 0.4) is 0 Å². The van der Waals surface area contributed by atoms with Crippen LogP contribution in [-0.4, -0.2) is 4.98 Å². The van der Waals surface area contributed by atoms with E-state index >= 15 is 0 Å². The van der Waals surface area contributed by atoms with Crippen molar-refractivity contribution >= 4 is 11.3 Å². The monoisotopic (exact) mass is 243 g/mol. The summed E-state index contributed by atoms with van der Waals surface area (Å²) in [6.45, 7) is 1.94. The summed E-state index contributed by atoms with van der Waals surface area (Å²) in [4.78, 5) is 5.81. The molecule has 16 heavy (non-hydrogen) atoms. The molecule has 0 saturated heterocycles. The molecule has 0 spiro atoms. The second-order valence-corrected chi connectivity index (χ2v) is 4.63. The highest BCUT2D eigenvalue weighted by Crippen LogP contribution is 2.31. The lowest BCUT2D eigenvalue weighted by atomic mass is 10.2. The zero-order valence-corrected chi connectivity index (χ0v) is 9.19. The van der Waals surface area contributed by atoms with Crippen LogP contribution >= 0.6 is 11.3 Å². The van der Waals surface area contributed by atoms with Crippen LogP contribution in [-0.2, 0) is 6.18 Å². The third-order valence-electron chi connectivity index (χ3n) is 2.08. The van der Waals surface area contributed by atoms with Crippen molar-refractivity contribution in [2.24, 2.45) is 0 Å². The van der Waals surface area contributed by atoms with E-state index in [-0.39, 0.29) is 0 Å². The fourth-order valence-electron chi connectivity index (χ4n) is 1.28. The Hall–Kier alpha value is -1.36. The Labute approximate surface area is 94.6 Å². The quantitative estimate of drug-likeness (QED) is 0.733. The predicted octanol–water partition coefficient (Wildman–Crippen LogP) is 4.14. The number of hydrogen-bond acceptors (Lipinski definition) is 2. The van der Waals surface area contributed by atoms with Crippen molar-refractivity contribution in [2.45, 2.75) is 13.1 Å². The highest BCUT2D eigenvalue weighted by molar-refractivity contribution is 7.15. The molecular formula is C11H8F3NS. The van der Waals surface area contributed by atoms with Gasteiger partial charge in [-0.1, -0.05) is 0 Å². The van der Waals surface area contributed by atoms with E-state index < -0.39 is 11.7 Å². The minimum Gasteiger partial charge on any atom is -0.255 e. The van der Waals surface area contributed by atoms with E-state index in [4.69, 9.17) is 0 Å². The summed E-state index contributed by atoms with van der Waals surface area (Å²) >= 11 is 1.51. The van der Waals surface area contributed by atoms with Gasteiger partial charge in [-0.05, 0) is 31.2 Å². The molecule has 0 amide bonds. The van der Waals surface area contributed by atoms with Crippen LogP contribution in [0.4, 0.5) is 13.2 Å². The van der Waals surface area contributed by atoms with Crippen LogP contribution in [0.25, 0.3) is 10.6 Å². The Kier molecular flexibility index (Phi) is 2.71. The van der Waals surface area contributed by atoms with Gasteiger partial charge in [-0.3, -0.25) is 4.98 Å². The first-order valence-electron chi connectivity index (χ1n) is 4.57. The van der Waals surface area contributed by atoms with E-state index in [1.807, 2.05) is 19.1 Å². The molecule has 2 heterocycles. The number of aryl methyl sites for hydroxylation is 1. The van der Waals surface area contributed by atoms with Crippen molar-refractivity contribution in [1.29, 1.82) is 0 Å². The zero-order valence-electron chi connectivity index (χ0n) is 8.38. The molecule has 84 valence electrons.